The van der Waals surface area contributed by atoms with Crippen LogP contribution in [-0.2, 0) is 6.54 Å². The third-order valence-corrected chi connectivity index (χ3v) is 3.35. The Hall–Kier alpha value is -1.38. The van der Waals surface area contributed by atoms with Crippen molar-refractivity contribution >= 4 is 5.84 Å². The number of aryl methyl sites for hydroxylation is 1. The molecule has 1 aromatic rings. The molecule has 2 N–H and O–H groups in total. The van der Waals surface area contributed by atoms with Crippen molar-refractivity contribution in [2.24, 2.45) is 16.6 Å². The van der Waals surface area contributed by atoms with Crippen LogP contribution >= 0.6 is 0 Å². The highest BCUT2D eigenvalue weighted by Gasteiger charge is 2.18. The van der Waals surface area contributed by atoms with E-state index in [-0.39, 0.29) is 0 Å². The van der Waals surface area contributed by atoms with Gasteiger partial charge in [-0.25, -0.2) is 0 Å². The minimum Gasteiger partial charge on any atom is -0.387 e. The van der Waals surface area contributed by atoms with Crippen molar-refractivity contribution in [1.82, 2.24) is 4.98 Å². The lowest BCUT2D eigenvalue weighted by atomic mass is 10.1. The summed E-state index contributed by atoms with van der Waals surface area (Å²) in [6, 6.07) is 2.01. The number of nitrogens with two attached hydrogens (primary N) is 1. The molecule has 1 heterocycles. The van der Waals surface area contributed by atoms with Crippen molar-refractivity contribution in [3.05, 3.63) is 29.6 Å². The van der Waals surface area contributed by atoms with Gasteiger partial charge in [0.25, 0.3) is 0 Å². The molecule has 0 unspecified atom stereocenters. The van der Waals surface area contributed by atoms with Gasteiger partial charge in [0, 0.05) is 18.3 Å². The van der Waals surface area contributed by atoms with E-state index in [0.717, 1.165) is 5.84 Å². The van der Waals surface area contributed by atoms with Crippen molar-refractivity contribution in [2.75, 3.05) is 0 Å². The third kappa shape index (κ3) is 2.60. The Labute approximate surface area is 96.8 Å². The molecular weight excluding hydrogens is 198 g/mol. The molecule has 1 aliphatic carbocycles. The molecule has 2 rings (SSSR count). The van der Waals surface area contributed by atoms with Crippen molar-refractivity contribution in [3.63, 3.8) is 0 Å². The SMILES string of the molecule is Cc1ccncc1CN=C(N)C1CCCC1. The molecule has 0 radical (unpaired) electrons. The van der Waals surface area contributed by atoms with Gasteiger partial charge in [0.2, 0.25) is 0 Å². The molecule has 0 amide bonds. The highest BCUT2D eigenvalue weighted by Crippen LogP contribution is 2.24. The van der Waals surface area contributed by atoms with Crippen LogP contribution < -0.4 is 5.73 Å². The van der Waals surface area contributed by atoms with Crippen LogP contribution in [0, 0.1) is 12.8 Å². The molecule has 3 heteroatoms. The van der Waals surface area contributed by atoms with Gasteiger partial charge in [-0.15, -0.1) is 0 Å². The molecule has 16 heavy (non-hydrogen) atoms. The summed E-state index contributed by atoms with van der Waals surface area (Å²) in [5.41, 5.74) is 8.41. The molecule has 0 aliphatic heterocycles. The van der Waals surface area contributed by atoms with Crippen molar-refractivity contribution in [2.45, 2.75) is 39.2 Å². The second kappa shape index (κ2) is 5.10. The van der Waals surface area contributed by atoms with E-state index in [1.54, 1.807) is 0 Å². The van der Waals surface area contributed by atoms with Crippen LogP contribution in [0.25, 0.3) is 0 Å². The highest BCUT2D eigenvalue weighted by molar-refractivity contribution is 5.83. The quantitative estimate of drug-likeness (QED) is 0.624. The molecule has 0 spiro atoms. The molecular formula is C13H19N3. The summed E-state index contributed by atoms with van der Waals surface area (Å²) >= 11 is 0. The van der Waals surface area contributed by atoms with E-state index < -0.39 is 0 Å². The first-order valence-electron chi connectivity index (χ1n) is 5.96. The fourth-order valence-electron chi connectivity index (χ4n) is 2.19. The molecule has 0 aromatic carbocycles. The van der Waals surface area contributed by atoms with E-state index in [2.05, 4.69) is 16.9 Å². The van der Waals surface area contributed by atoms with E-state index in [0.29, 0.717) is 12.5 Å². The predicted octanol–water partition coefficient (Wildman–Crippen LogP) is 2.44. The van der Waals surface area contributed by atoms with Crippen LogP contribution in [0.1, 0.15) is 36.8 Å². The largest absolute Gasteiger partial charge is 0.387 e. The number of pyridine rings is 1. The summed E-state index contributed by atoms with van der Waals surface area (Å²) < 4.78 is 0. The average molecular weight is 217 g/mol. The van der Waals surface area contributed by atoms with Crippen LogP contribution in [0.3, 0.4) is 0 Å². The second-order valence-corrected chi connectivity index (χ2v) is 4.52. The monoisotopic (exact) mass is 217 g/mol. The van der Waals surface area contributed by atoms with Crippen molar-refractivity contribution in [1.29, 1.82) is 0 Å². The Morgan fingerprint density at radius 3 is 2.94 bits per heavy atom. The summed E-state index contributed by atoms with van der Waals surface area (Å²) in [6.07, 6.45) is 8.70. The predicted molar refractivity (Wildman–Crippen MR) is 66.3 cm³/mol. The summed E-state index contributed by atoms with van der Waals surface area (Å²) in [5.74, 6) is 1.36. The maximum Gasteiger partial charge on any atom is 0.0972 e. The summed E-state index contributed by atoms with van der Waals surface area (Å²) in [4.78, 5) is 8.60. The molecule has 1 fully saturated rings. The Balaban J connectivity index is 2.00. The van der Waals surface area contributed by atoms with E-state index in [9.17, 15) is 0 Å². The fraction of sp³-hybridized carbons (Fsp3) is 0.538. The molecule has 0 atom stereocenters. The van der Waals surface area contributed by atoms with Crippen molar-refractivity contribution in [3.8, 4) is 0 Å². The van der Waals surface area contributed by atoms with Gasteiger partial charge in [0.1, 0.15) is 0 Å². The topological polar surface area (TPSA) is 51.3 Å². The minimum atomic E-state index is 0.525. The Bertz CT molecular complexity index is 379. The normalized spacial score (nSPS) is 17.9. The Morgan fingerprint density at radius 2 is 2.25 bits per heavy atom. The number of amidine groups is 1. The number of hydrogen-bond acceptors (Lipinski definition) is 2. The molecule has 0 saturated heterocycles. The van der Waals surface area contributed by atoms with Gasteiger partial charge in [0.05, 0.1) is 12.4 Å². The van der Waals surface area contributed by atoms with Gasteiger partial charge in [-0.1, -0.05) is 12.8 Å². The third-order valence-electron chi connectivity index (χ3n) is 3.35. The van der Waals surface area contributed by atoms with E-state index >= 15 is 0 Å². The first-order valence-corrected chi connectivity index (χ1v) is 5.96. The average Bonchev–Trinajstić information content (AvgIpc) is 2.81. The molecule has 3 nitrogen and oxygen atoms in total. The van der Waals surface area contributed by atoms with Gasteiger partial charge in [-0.2, -0.15) is 0 Å². The molecule has 1 saturated carbocycles. The lowest BCUT2D eigenvalue weighted by Crippen LogP contribution is -2.21. The van der Waals surface area contributed by atoms with Gasteiger partial charge in [-0.3, -0.25) is 9.98 Å². The molecule has 0 bridgehead atoms. The molecule has 1 aromatic heterocycles. The number of rotatable bonds is 3. The minimum absolute atomic E-state index is 0.525. The number of hydrogen-bond donors (Lipinski definition) is 1. The highest BCUT2D eigenvalue weighted by atomic mass is 14.9. The lowest BCUT2D eigenvalue weighted by molar-refractivity contribution is 0.715. The van der Waals surface area contributed by atoms with Crippen LogP contribution in [-0.4, -0.2) is 10.8 Å². The van der Waals surface area contributed by atoms with E-state index in [4.69, 9.17) is 5.73 Å². The number of aliphatic imine (C=N–C) groups is 1. The zero-order chi connectivity index (χ0) is 11.4. The second-order valence-electron chi connectivity index (χ2n) is 4.52. The number of aromatic nitrogens is 1. The summed E-state index contributed by atoms with van der Waals surface area (Å²) in [6.45, 7) is 2.75. The zero-order valence-electron chi connectivity index (χ0n) is 9.82. The zero-order valence-corrected chi connectivity index (χ0v) is 9.82. The van der Waals surface area contributed by atoms with E-state index in [1.165, 1.54) is 36.8 Å². The summed E-state index contributed by atoms with van der Waals surface area (Å²) in [5, 5.41) is 0. The first kappa shape index (κ1) is 11.1. The Morgan fingerprint density at radius 1 is 1.50 bits per heavy atom. The van der Waals surface area contributed by atoms with E-state index in [1.807, 2.05) is 18.5 Å². The van der Waals surface area contributed by atoms with Gasteiger partial charge in [-0.05, 0) is 37.0 Å². The first-order chi connectivity index (χ1) is 7.77. The lowest BCUT2D eigenvalue weighted by Gasteiger charge is -2.08. The van der Waals surface area contributed by atoms with Crippen LogP contribution in [0.2, 0.25) is 0 Å². The number of nitrogens with zero attached hydrogens (tertiary/aromatic N) is 2. The summed E-state index contributed by atoms with van der Waals surface area (Å²) in [7, 11) is 0. The van der Waals surface area contributed by atoms with Crippen LogP contribution in [0.15, 0.2) is 23.5 Å². The van der Waals surface area contributed by atoms with Gasteiger partial charge in [0.15, 0.2) is 0 Å². The molecule has 1 aliphatic rings. The smallest absolute Gasteiger partial charge is 0.0972 e. The van der Waals surface area contributed by atoms with Gasteiger partial charge >= 0.3 is 0 Å². The van der Waals surface area contributed by atoms with Crippen molar-refractivity contribution < 1.29 is 0 Å². The standard InChI is InChI=1S/C13H19N3/c1-10-6-7-15-8-12(10)9-16-13(14)11-4-2-3-5-11/h6-8,11H,2-5,9H2,1H3,(H2,14,16). The maximum absolute atomic E-state index is 6.01. The van der Waals surface area contributed by atoms with Crippen LogP contribution in [0.4, 0.5) is 0 Å². The fourth-order valence-corrected chi connectivity index (χ4v) is 2.19. The molecule has 86 valence electrons. The maximum atomic E-state index is 6.01. The van der Waals surface area contributed by atoms with Gasteiger partial charge < -0.3 is 5.73 Å². The Kier molecular flexibility index (Phi) is 3.54. The van der Waals surface area contributed by atoms with Crippen LogP contribution in [0.5, 0.6) is 0 Å².